The summed E-state index contributed by atoms with van der Waals surface area (Å²) in [5.74, 6) is -3.85. The molecule has 6 atom stereocenters. The normalized spacial score (nSPS) is 28.9. The second-order valence-corrected chi connectivity index (χ2v) is 12.5. The first-order valence-electron chi connectivity index (χ1n) is 15.2. The summed E-state index contributed by atoms with van der Waals surface area (Å²) in [4.78, 5) is 59.5. The molecule has 2 aliphatic heterocycles. The van der Waals surface area contributed by atoms with E-state index in [0.29, 0.717) is 29.2 Å². The number of likely N-dealkylation sites (tertiary alicyclic amines) is 1. The molecule has 230 valence electrons. The molecule has 9 nitrogen and oxygen atoms in total. The Hall–Kier alpha value is -4.92. The molecule has 0 aromatic heterocycles. The molecule has 45 heavy (non-hydrogen) atoms. The van der Waals surface area contributed by atoms with Crippen molar-refractivity contribution in [1.29, 1.82) is 0 Å². The van der Waals surface area contributed by atoms with E-state index < -0.39 is 35.0 Å². The van der Waals surface area contributed by atoms with Gasteiger partial charge in [-0.25, -0.2) is 4.90 Å². The number of hydrogen-bond acceptors (Lipinski definition) is 7. The highest BCUT2D eigenvalue weighted by atomic mass is 16.5. The fraction of sp³-hybridized carbons (Fsp3) is 0.333. The largest absolute Gasteiger partial charge is 0.508 e. The Labute approximate surface area is 261 Å². The van der Waals surface area contributed by atoms with Crippen LogP contribution in [0.25, 0.3) is 0 Å². The number of hydrogen-bond donors (Lipinski definition) is 1. The molecule has 4 amide bonds. The minimum absolute atomic E-state index is 0.0768. The predicted molar refractivity (Wildman–Crippen MR) is 164 cm³/mol. The lowest BCUT2D eigenvalue weighted by molar-refractivity contribution is -0.141. The second-order valence-electron chi connectivity index (χ2n) is 12.5. The Morgan fingerprint density at radius 1 is 0.844 bits per heavy atom. The fourth-order valence-electron chi connectivity index (χ4n) is 8.34. The van der Waals surface area contributed by atoms with Gasteiger partial charge in [-0.3, -0.25) is 24.1 Å². The van der Waals surface area contributed by atoms with Gasteiger partial charge in [0.15, 0.2) is 0 Å². The Kier molecular flexibility index (Phi) is 6.80. The van der Waals surface area contributed by atoms with Crippen LogP contribution in [-0.2, 0) is 25.7 Å². The van der Waals surface area contributed by atoms with E-state index in [-0.39, 0.29) is 42.3 Å². The average Bonchev–Trinajstić information content (AvgIpc) is 3.41. The number of nitrogens with zero attached hydrogens (tertiary/aromatic N) is 2. The van der Waals surface area contributed by atoms with Gasteiger partial charge in [0.2, 0.25) is 23.6 Å². The Morgan fingerprint density at radius 3 is 2.09 bits per heavy atom. The van der Waals surface area contributed by atoms with Crippen LogP contribution in [0.3, 0.4) is 0 Å². The number of allylic oxidation sites excluding steroid dienone is 2. The van der Waals surface area contributed by atoms with Crippen LogP contribution in [0.5, 0.6) is 17.2 Å². The number of phenols is 1. The van der Waals surface area contributed by atoms with E-state index in [1.807, 2.05) is 49.4 Å². The van der Waals surface area contributed by atoms with Gasteiger partial charge >= 0.3 is 0 Å². The van der Waals surface area contributed by atoms with Gasteiger partial charge in [-0.1, -0.05) is 60.2 Å². The molecule has 2 aliphatic carbocycles. The van der Waals surface area contributed by atoms with Crippen LogP contribution in [0.4, 0.5) is 5.69 Å². The Morgan fingerprint density at radius 2 is 1.47 bits per heavy atom. The van der Waals surface area contributed by atoms with E-state index in [4.69, 9.17) is 9.47 Å². The van der Waals surface area contributed by atoms with Gasteiger partial charge in [0.05, 0.1) is 49.6 Å². The monoisotopic (exact) mass is 606 g/mol. The maximum Gasteiger partial charge on any atom is 0.241 e. The topological polar surface area (TPSA) is 113 Å². The average molecular weight is 607 g/mol. The molecule has 2 saturated heterocycles. The van der Waals surface area contributed by atoms with E-state index in [1.165, 1.54) is 36.2 Å². The molecule has 0 spiro atoms. The molecule has 0 unspecified atom stereocenters. The van der Waals surface area contributed by atoms with Gasteiger partial charge in [-0.05, 0) is 43.4 Å². The second kappa shape index (κ2) is 10.6. The third-order valence-corrected chi connectivity index (χ3v) is 10.4. The number of fused-ring (bicyclic) bond motifs is 4. The van der Waals surface area contributed by atoms with Gasteiger partial charge in [-0.2, -0.15) is 0 Å². The van der Waals surface area contributed by atoms with Gasteiger partial charge < -0.3 is 14.6 Å². The van der Waals surface area contributed by atoms with E-state index in [2.05, 4.69) is 0 Å². The third kappa shape index (κ3) is 4.13. The number of phenolic OH excluding ortho intramolecular Hbond substituents is 1. The molecule has 0 bridgehead atoms. The summed E-state index contributed by atoms with van der Waals surface area (Å²) in [5, 5.41) is 10.5. The molecule has 1 saturated carbocycles. The Bertz CT molecular complexity index is 1730. The van der Waals surface area contributed by atoms with Gasteiger partial charge in [0.1, 0.15) is 17.2 Å². The van der Waals surface area contributed by atoms with Crippen molar-refractivity contribution in [2.75, 3.05) is 19.1 Å². The van der Waals surface area contributed by atoms with Crippen molar-refractivity contribution < 1.29 is 33.8 Å². The highest BCUT2D eigenvalue weighted by Gasteiger charge is 2.68. The minimum Gasteiger partial charge on any atom is -0.508 e. The van der Waals surface area contributed by atoms with Crippen molar-refractivity contribution in [2.45, 2.75) is 32.2 Å². The molecule has 9 heteroatoms. The SMILES string of the molecule is COc1cc(O)cc(OC)c1[C@H]1C2=CC[C@@H]3C(=O)N(Cc4ccccc4)C(=O)[C@@H]3[C@@H]2C[C@H]2C(=O)N(c3ccccc3)C(=O)[C@@]12C. The standard InChI is InChI=1S/C36H34N2O7/c1-36-26(33(41)38(35(36)43)21-12-8-5-9-13-21)18-25-23(31(36)30-27(44-2)16-22(39)17-28(30)45-3)14-15-24-29(25)34(42)37(32(24)40)19-20-10-6-4-7-11-20/h4-14,16-17,24-26,29,31,39H,15,18-19H2,1-3H3/t24-,25+,26-,29-,31+,36+/m0/s1. The lowest BCUT2D eigenvalue weighted by Gasteiger charge is -2.49. The first-order chi connectivity index (χ1) is 21.7. The summed E-state index contributed by atoms with van der Waals surface area (Å²) in [6.45, 7) is 1.99. The van der Waals surface area contributed by atoms with Crippen LogP contribution < -0.4 is 14.4 Å². The zero-order valence-electron chi connectivity index (χ0n) is 25.3. The van der Waals surface area contributed by atoms with Crippen LogP contribution in [-0.4, -0.2) is 47.9 Å². The highest BCUT2D eigenvalue weighted by Crippen LogP contribution is 2.65. The van der Waals surface area contributed by atoms with E-state index in [0.717, 1.165) is 11.1 Å². The number of amides is 4. The summed E-state index contributed by atoms with van der Waals surface area (Å²) in [7, 11) is 2.95. The molecule has 3 aromatic carbocycles. The summed E-state index contributed by atoms with van der Waals surface area (Å²) < 4.78 is 11.5. The summed E-state index contributed by atoms with van der Waals surface area (Å²) in [6.07, 6.45) is 2.56. The minimum atomic E-state index is -1.27. The summed E-state index contributed by atoms with van der Waals surface area (Å²) >= 11 is 0. The lowest BCUT2D eigenvalue weighted by Crippen LogP contribution is -2.49. The maximum atomic E-state index is 14.6. The number of carbonyl (C=O) groups excluding carboxylic acids is 4. The highest BCUT2D eigenvalue weighted by molar-refractivity contribution is 6.24. The van der Waals surface area contributed by atoms with Crippen LogP contribution in [0.2, 0.25) is 0 Å². The maximum absolute atomic E-state index is 14.6. The van der Waals surface area contributed by atoms with E-state index in [1.54, 1.807) is 24.3 Å². The van der Waals surface area contributed by atoms with Crippen molar-refractivity contribution in [3.8, 4) is 17.2 Å². The number of anilines is 1. The van der Waals surface area contributed by atoms with Crippen LogP contribution in [0.15, 0.2) is 84.4 Å². The summed E-state index contributed by atoms with van der Waals surface area (Å²) in [6, 6.07) is 21.2. The Balaban J connectivity index is 1.39. The number of ether oxygens (including phenoxy) is 2. The first kappa shape index (κ1) is 28.8. The fourth-order valence-corrected chi connectivity index (χ4v) is 8.34. The number of carbonyl (C=O) groups is 4. The van der Waals surface area contributed by atoms with Crippen molar-refractivity contribution >= 4 is 29.3 Å². The summed E-state index contributed by atoms with van der Waals surface area (Å²) in [5.41, 5.74) is 1.40. The van der Waals surface area contributed by atoms with Crippen molar-refractivity contribution in [3.05, 3.63) is 95.6 Å². The quantitative estimate of drug-likeness (QED) is 0.316. The number of para-hydroxylation sites is 1. The molecule has 7 rings (SSSR count). The van der Waals surface area contributed by atoms with Crippen LogP contribution in [0.1, 0.15) is 36.8 Å². The molecule has 2 heterocycles. The molecule has 0 radical (unpaired) electrons. The van der Waals surface area contributed by atoms with Crippen molar-refractivity contribution in [3.63, 3.8) is 0 Å². The van der Waals surface area contributed by atoms with E-state index >= 15 is 0 Å². The molecular formula is C36H34N2O7. The zero-order chi connectivity index (χ0) is 31.6. The van der Waals surface area contributed by atoms with Crippen molar-refractivity contribution in [2.24, 2.45) is 29.1 Å². The van der Waals surface area contributed by atoms with Crippen LogP contribution in [0, 0.1) is 29.1 Å². The molecular weight excluding hydrogens is 572 g/mol. The predicted octanol–water partition coefficient (Wildman–Crippen LogP) is 4.84. The molecule has 1 N–H and O–H groups in total. The number of rotatable bonds is 6. The zero-order valence-corrected chi connectivity index (χ0v) is 25.3. The number of aromatic hydroxyl groups is 1. The number of imide groups is 2. The first-order valence-corrected chi connectivity index (χ1v) is 15.2. The number of benzene rings is 3. The smallest absolute Gasteiger partial charge is 0.241 e. The molecule has 3 fully saturated rings. The van der Waals surface area contributed by atoms with Gasteiger partial charge in [0, 0.05) is 23.6 Å². The lowest BCUT2D eigenvalue weighted by atomic mass is 9.51. The number of methoxy groups -OCH3 is 2. The van der Waals surface area contributed by atoms with Gasteiger partial charge in [-0.15, -0.1) is 0 Å². The van der Waals surface area contributed by atoms with Gasteiger partial charge in [0.25, 0.3) is 0 Å². The van der Waals surface area contributed by atoms with Crippen LogP contribution >= 0.6 is 0 Å². The molecule has 3 aromatic rings. The molecule has 4 aliphatic rings. The van der Waals surface area contributed by atoms with Crippen molar-refractivity contribution in [1.82, 2.24) is 4.90 Å². The van der Waals surface area contributed by atoms with E-state index in [9.17, 15) is 24.3 Å². The third-order valence-electron chi connectivity index (χ3n) is 10.4.